The van der Waals surface area contributed by atoms with E-state index in [0.717, 1.165) is 10.9 Å². The van der Waals surface area contributed by atoms with Crippen LogP contribution in [0.15, 0.2) is 57.7 Å². The summed E-state index contributed by atoms with van der Waals surface area (Å²) >= 11 is 0. The van der Waals surface area contributed by atoms with Gasteiger partial charge in [-0.2, -0.15) is 0 Å². The number of aryl methyl sites for hydroxylation is 1. The molecule has 0 fully saturated rings. The lowest BCUT2D eigenvalue weighted by atomic mass is 9.98. The van der Waals surface area contributed by atoms with Crippen molar-refractivity contribution in [1.29, 1.82) is 0 Å². The maximum atomic E-state index is 12.3. The molecule has 0 bridgehead atoms. The lowest BCUT2D eigenvalue weighted by Gasteiger charge is -2.08. The van der Waals surface area contributed by atoms with E-state index in [1.807, 2.05) is 19.1 Å². The van der Waals surface area contributed by atoms with Gasteiger partial charge in [-0.3, -0.25) is 0 Å². The van der Waals surface area contributed by atoms with E-state index >= 15 is 0 Å². The van der Waals surface area contributed by atoms with E-state index in [1.165, 1.54) is 0 Å². The summed E-state index contributed by atoms with van der Waals surface area (Å²) in [7, 11) is 0. The number of esters is 1. The van der Waals surface area contributed by atoms with Crippen LogP contribution >= 0.6 is 0 Å². The monoisotopic (exact) mass is 318 g/mol. The van der Waals surface area contributed by atoms with Gasteiger partial charge in [0.05, 0.1) is 11.1 Å². The van der Waals surface area contributed by atoms with Gasteiger partial charge in [-0.25, -0.2) is 9.59 Å². The summed E-state index contributed by atoms with van der Waals surface area (Å²) in [6, 6.07) is 14.1. The normalized spacial score (nSPS) is 10.3. The summed E-state index contributed by atoms with van der Waals surface area (Å²) in [6.45, 7) is 1.76. The molecule has 4 nitrogen and oxygen atoms in total. The number of carbonyl (C=O) groups excluding carboxylic acids is 1. The van der Waals surface area contributed by atoms with Crippen molar-refractivity contribution in [3.63, 3.8) is 0 Å². The topological polar surface area (TPSA) is 56.5 Å². The first-order valence-corrected chi connectivity index (χ1v) is 7.34. The summed E-state index contributed by atoms with van der Waals surface area (Å²) < 4.78 is 10.3. The average Bonchev–Trinajstić information content (AvgIpc) is 2.59. The summed E-state index contributed by atoms with van der Waals surface area (Å²) in [5, 5.41) is 0.812. The molecule has 1 aromatic heterocycles. The highest BCUT2D eigenvalue weighted by molar-refractivity contribution is 5.92. The van der Waals surface area contributed by atoms with Crippen molar-refractivity contribution in [2.75, 3.05) is 6.61 Å². The molecule has 2 aromatic carbocycles. The first-order chi connectivity index (χ1) is 11.6. The Labute approximate surface area is 138 Å². The van der Waals surface area contributed by atoms with Crippen molar-refractivity contribution in [2.45, 2.75) is 6.92 Å². The second-order valence-corrected chi connectivity index (χ2v) is 5.30. The van der Waals surface area contributed by atoms with Gasteiger partial charge in [-0.15, -0.1) is 6.42 Å². The highest BCUT2D eigenvalue weighted by atomic mass is 16.5. The van der Waals surface area contributed by atoms with Crippen LogP contribution in [-0.2, 0) is 4.74 Å². The second-order valence-electron chi connectivity index (χ2n) is 5.30. The van der Waals surface area contributed by atoms with Crippen LogP contribution in [0.5, 0.6) is 0 Å². The molecule has 0 N–H and O–H groups in total. The van der Waals surface area contributed by atoms with Crippen molar-refractivity contribution in [2.24, 2.45) is 0 Å². The number of hydrogen-bond acceptors (Lipinski definition) is 4. The molecule has 0 aliphatic rings. The van der Waals surface area contributed by atoms with Gasteiger partial charge in [0.15, 0.2) is 6.61 Å². The molecule has 0 saturated heterocycles. The van der Waals surface area contributed by atoms with Crippen LogP contribution in [0.1, 0.15) is 15.9 Å². The number of fused-ring (bicyclic) bond motifs is 1. The fourth-order valence-corrected chi connectivity index (χ4v) is 2.48. The van der Waals surface area contributed by atoms with E-state index in [0.29, 0.717) is 22.3 Å². The second kappa shape index (κ2) is 6.43. The quantitative estimate of drug-likeness (QED) is 0.421. The minimum atomic E-state index is -0.528. The number of hydrogen-bond donors (Lipinski definition) is 0. The number of ether oxygens (including phenoxy) is 1. The Morgan fingerprint density at radius 2 is 1.96 bits per heavy atom. The van der Waals surface area contributed by atoms with Crippen molar-refractivity contribution < 1.29 is 13.9 Å². The molecule has 3 aromatic rings. The Balaban J connectivity index is 2.12. The minimum Gasteiger partial charge on any atom is -0.449 e. The van der Waals surface area contributed by atoms with Crippen LogP contribution in [0.4, 0.5) is 0 Å². The Morgan fingerprint density at radius 3 is 2.75 bits per heavy atom. The molecule has 24 heavy (non-hydrogen) atoms. The zero-order valence-electron chi connectivity index (χ0n) is 13.0. The summed E-state index contributed by atoms with van der Waals surface area (Å²) in [6.07, 6.45) is 5.09. The molecule has 0 atom stereocenters. The van der Waals surface area contributed by atoms with E-state index < -0.39 is 11.6 Å². The highest BCUT2D eigenvalue weighted by Crippen LogP contribution is 2.25. The summed E-state index contributed by atoms with van der Waals surface area (Å²) in [4.78, 5) is 24.3. The van der Waals surface area contributed by atoms with E-state index in [9.17, 15) is 9.59 Å². The number of para-hydroxylation sites is 1. The Hall–Kier alpha value is -3.32. The standard InChI is InChI=1S/C20H14O4/c1-3-10-23-19(21)15-9-8-13(2)16(12-15)17-11-14-6-4-5-7-18(14)24-20(17)22/h1,4-9,11-12H,10H2,2H3. The third kappa shape index (κ3) is 2.92. The zero-order valence-corrected chi connectivity index (χ0v) is 13.0. The number of benzene rings is 2. The van der Waals surface area contributed by atoms with Crippen LogP contribution < -0.4 is 5.63 Å². The minimum absolute atomic E-state index is 0.0971. The first kappa shape index (κ1) is 15.6. The molecule has 1 heterocycles. The Bertz CT molecular complexity index is 1020. The fourth-order valence-electron chi connectivity index (χ4n) is 2.48. The largest absolute Gasteiger partial charge is 0.449 e. The van der Waals surface area contributed by atoms with Crippen molar-refractivity contribution in [1.82, 2.24) is 0 Å². The van der Waals surface area contributed by atoms with Crippen LogP contribution in [-0.4, -0.2) is 12.6 Å². The molecule has 0 radical (unpaired) electrons. The maximum absolute atomic E-state index is 12.3. The van der Waals surface area contributed by atoms with Gasteiger partial charge < -0.3 is 9.15 Å². The van der Waals surface area contributed by atoms with Crippen molar-refractivity contribution >= 4 is 16.9 Å². The zero-order chi connectivity index (χ0) is 17.1. The van der Waals surface area contributed by atoms with Crippen molar-refractivity contribution in [3.8, 4) is 23.5 Å². The maximum Gasteiger partial charge on any atom is 0.344 e. The van der Waals surface area contributed by atoms with E-state index in [-0.39, 0.29) is 6.61 Å². The van der Waals surface area contributed by atoms with Gasteiger partial charge in [-0.05, 0) is 42.3 Å². The van der Waals surface area contributed by atoms with Gasteiger partial charge in [-0.1, -0.05) is 30.2 Å². The lowest BCUT2D eigenvalue weighted by molar-refractivity contribution is 0.0557. The predicted octanol–water partition coefficient (Wildman–Crippen LogP) is 3.56. The molecule has 0 aliphatic heterocycles. The molecule has 0 unspecified atom stereocenters. The molecule has 0 spiro atoms. The number of carbonyl (C=O) groups is 1. The van der Waals surface area contributed by atoms with E-state index in [4.69, 9.17) is 15.6 Å². The molecular formula is C20H14O4. The van der Waals surface area contributed by atoms with Gasteiger partial charge in [0.2, 0.25) is 0 Å². The van der Waals surface area contributed by atoms with Crippen LogP contribution in [0.3, 0.4) is 0 Å². The van der Waals surface area contributed by atoms with Crippen molar-refractivity contribution in [3.05, 3.63) is 70.1 Å². The number of rotatable bonds is 3. The molecule has 0 saturated carbocycles. The van der Waals surface area contributed by atoms with E-state index in [1.54, 1.807) is 36.4 Å². The molecule has 118 valence electrons. The lowest BCUT2D eigenvalue weighted by Crippen LogP contribution is -2.08. The molecule has 3 rings (SSSR count). The molecule has 0 aliphatic carbocycles. The van der Waals surface area contributed by atoms with Crippen LogP contribution in [0.25, 0.3) is 22.1 Å². The highest BCUT2D eigenvalue weighted by Gasteiger charge is 2.14. The van der Waals surface area contributed by atoms with Gasteiger partial charge in [0.25, 0.3) is 0 Å². The molecule has 4 heteroatoms. The smallest absolute Gasteiger partial charge is 0.344 e. The van der Waals surface area contributed by atoms with Crippen LogP contribution in [0.2, 0.25) is 0 Å². The van der Waals surface area contributed by atoms with Gasteiger partial charge in [0, 0.05) is 5.39 Å². The molecular weight excluding hydrogens is 304 g/mol. The third-order valence-electron chi connectivity index (χ3n) is 3.69. The van der Waals surface area contributed by atoms with Gasteiger partial charge in [0.1, 0.15) is 5.58 Å². The summed E-state index contributed by atoms with van der Waals surface area (Å²) in [5.74, 6) is 1.72. The predicted molar refractivity (Wildman–Crippen MR) is 91.8 cm³/mol. The SMILES string of the molecule is C#CCOC(=O)c1ccc(C)c(-c2cc3ccccc3oc2=O)c1. The third-order valence-corrected chi connectivity index (χ3v) is 3.69. The van der Waals surface area contributed by atoms with Crippen LogP contribution in [0, 0.1) is 19.3 Å². The summed E-state index contributed by atoms with van der Waals surface area (Å²) in [5.41, 5.74) is 2.28. The Kier molecular flexibility index (Phi) is 4.17. The number of terminal acetylenes is 1. The Morgan fingerprint density at radius 1 is 1.17 bits per heavy atom. The average molecular weight is 318 g/mol. The van der Waals surface area contributed by atoms with Gasteiger partial charge >= 0.3 is 11.6 Å². The molecule has 0 amide bonds. The first-order valence-electron chi connectivity index (χ1n) is 7.34. The van der Waals surface area contributed by atoms with E-state index in [2.05, 4.69) is 5.92 Å². The fraction of sp³-hybridized carbons (Fsp3) is 0.100.